The SMILES string of the molecule is COC(=O)CC1N=C(c2ccc(Cl)cc2)c2c(sc(C(=O)N[B]NC(=O)Cn3c(=O)n(C(C)c4ccccn4)c4c5cc(OC)c(-c6c(C)noc6C)cc5ncc43)c2C)-n2c(C)nnc21. The van der Waals surface area contributed by atoms with E-state index in [1.54, 1.807) is 60.7 Å². The van der Waals surface area contributed by atoms with E-state index >= 15 is 0 Å². The van der Waals surface area contributed by atoms with E-state index in [0.717, 1.165) is 18.7 Å². The highest BCUT2D eigenvalue weighted by Crippen LogP contribution is 2.41. The van der Waals surface area contributed by atoms with Crippen LogP contribution in [0, 0.1) is 27.7 Å². The fourth-order valence-corrected chi connectivity index (χ4v) is 9.78. The first-order chi connectivity index (χ1) is 31.8. The van der Waals surface area contributed by atoms with E-state index < -0.39 is 42.1 Å². The van der Waals surface area contributed by atoms with Gasteiger partial charge in [0.15, 0.2) is 5.82 Å². The number of aryl methyl sites for hydroxylation is 3. The van der Waals surface area contributed by atoms with Crippen molar-refractivity contribution in [3.05, 3.63) is 133 Å². The van der Waals surface area contributed by atoms with Gasteiger partial charge in [0.25, 0.3) is 5.91 Å². The Morgan fingerprint density at radius 2 is 1.79 bits per heavy atom. The molecular formula is C45H40BClN11O7S. The molecular weight excluding hydrogens is 885 g/mol. The highest BCUT2D eigenvalue weighted by atomic mass is 35.5. The molecule has 21 heteroatoms. The number of fused-ring (bicyclic) bond motifs is 6. The van der Waals surface area contributed by atoms with Gasteiger partial charge in [-0.05, 0) is 76.6 Å². The molecule has 1 aliphatic heterocycles. The Bertz CT molecular complexity index is 3320. The van der Waals surface area contributed by atoms with E-state index in [1.807, 2.05) is 57.2 Å². The number of carbonyl (C=O) groups excluding carboxylic acids is 3. The van der Waals surface area contributed by atoms with Crippen LogP contribution in [0.3, 0.4) is 0 Å². The lowest BCUT2D eigenvalue weighted by molar-refractivity contribution is -0.141. The van der Waals surface area contributed by atoms with Crippen molar-refractivity contribution in [3.63, 3.8) is 0 Å². The molecule has 6 aromatic heterocycles. The first-order valence-electron chi connectivity index (χ1n) is 20.6. The molecule has 1 radical (unpaired) electrons. The van der Waals surface area contributed by atoms with Crippen molar-refractivity contribution >= 4 is 75.9 Å². The van der Waals surface area contributed by atoms with E-state index in [4.69, 9.17) is 35.6 Å². The fraction of sp³-hybridized carbons (Fsp3) is 0.244. The summed E-state index contributed by atoms with van der Waals surface area (Å²) in [4.78, 5) is 69.5. The molecule has 1 aliphatic rings. The monoisotopic (exact) mass is 924 g/mol. The number of esters is 1. The van der Waals surface area contributed by atoms with E-state index in [9.17, 15) is 19.2 Å². The number of hydrogen-bond acceptors (Lipinski definition) is 14. The van der Waals surface area contributed by atoms with E-state index in [2.05, 4.69) is 30.8 Å². The first-order valence-corrected chi connectivity index (χ1v) is 21.8. The topological polar surface area (TPSA) is 216 Å². The van der Waals surface area contributed by atoms with Crippen LogP contribution in [0.2, 0.25) is 5.02 Å². The average molecular weight is 925 g/mol. The Morgan fingerprint density at radius 1 is 1.00 bits per heavy atom. The number of benzene rings is 2. The van der Waals surface area contributed by atoms with Gasteiger partial charge in [-0.3, -0.25) is 43.0 Å². The van der Waals surface area contributed by atoms with Crippen molar-refractivity contribution in [1.82, 2.24) is 49.5 Å². The number of rotatable bonds is 12. The van der Waals surface area contributed by atoms with Crippen LogP contribution < -0.4 is 20.9 Å². The lowest BCUT2D eigenvalue weighted by Gasteiger charge is -2.15. The fourth-order valence-electron chi connectivity index (χ4n) is 8.39. The second-order valence-electron chi connectivity index (χ2n) is 15.6. The smallest absolute Gasteiger partial charge is 0.390 e. The molecule has 2 unspecified atom stereocenters. The number of pyridine rings is 2. The van der Waals surface area contributed by atoms with Gasteiger partial charge in [-0.1, -0.05) is 35.0 Å². The predicted octanol–water partition coefficient (Wildman–Crippen LogP) is 6.08. The number of methoxy groups -OCH3 is 2. The van der Waals surface area contributed by atoms with Gasteiger partial charge in [0, 0.05) is 33.3 Å². The van der Waals surface area contributed by atoms with Crippen LogP contribution in [0.25, 0.3) is 38.1 Å². The summed E-state index contributed by atoms with van der Waals surface area (Å²) in [5.74, 6) is 0.472. The maximum atomic E-state index is 14.5. The molecule has 0 saturated carbocycles. The van der Waals surface area contributed by atoms with Gasteiger partial charge in [-0.25, -0.2) is 4.79 Å². The molecule has 66 heavy (non-hydrogen) atoms. The number of thiophene rings is 1. The van der Waals surface area contributed by atoms with Crippen LogP contribution in [0.5, 0.6) is 5.75 Å². The average Bonchev–Trinajstić information content (AvgIpc) is 4.02. The third kappa shape index (κ3) is 7.60. The number of aliphatic imine (C=N–C) groups is 1. The molecule has 333 valence electrons. The normalized spacial score (nSPS) is 13.7. The number of amides is 2. The first kappa shape index (κ1) is 43.8. The Hall–Kier alpha value is -7.45. The van der Waals surface area contributed by atoms with Crippen LogP contribution in [0.15, 0.2) is 81.3 Å². The number of carbonyl (C=O) groups is 3. The van der Waals surface area contributed by atoms with Crippen LogP contribution >= 0.6 is 22.9 Å². The number of aromatic nitrogens is 8. The van der Waals surface area contributed by atoms with Gasteiger partial charge >= 0.3 is 19.2 Å². The summed E-state index contributed by atoms with van der Waals surface area (Å²) in [7, 11) is 4.01. The summed E-state index contributed by atoms with van der Waals surface area (Å²) in [6.45, 7) is 8.68. The number of nitrogens with one attached hydrogen (secondary N) is 2. The Labute approximate surface area is 385 Å². The zero-order chi connectivity index (χ0) is 46.6. The quantitative estimate of drug-likeness (QED) is 0.105. The van der Waals surface area contributed by atoms with E-state index in [1.165, 1.54) is 23.0 Å². The van der Waals surface area contributed by atoms with Crippen molar-refractivity contribution in [3.8, 4) is 21.9 Å². The molecule has 2 atom stereocenters. The maximum Gasteiger partial charge on any atom is 0.390 e. The molecule has 2 aromatic carbocycles. The second kappa shape index (κ2) is 17.5. The summed E-state index contributed by atoms with van der Waals surface area (Å²) in [6.07, 6.45) is 3.13. The van der Waals surface area contributed by atoms with Gasteiger partial charge in [0.05, 0.1) is 77.0 Å². The summed E-state index contributed by atoms with van der Waals surface area (Å²) >= 11 is 7.44. The highest BCUT2D eigenvalue weighted by molar-refractivity contribution is 7.17. The van der Waals surface area contributed by atoms with Crippen LogP contribution in [0.4, 0.5) is 0 Å². The number of halogens is 1. The number of nitrogens with zero attached hydrogens (tertiary/aromatic N) is 9. The van der Waals surface area contributed by atoms with Gasteiger partial charge in [-0.15, -0.1) is 21.5 Å². The minimum Gasteiger partial charge on any atom is -0.496 e. The molecule has 0 aliphatic carbocycles. The van der Waals surface area contributed by atoms with E-state index in [0.29, 0.717) is 93.8 Å². The largest absolute Gasteiger partial charge is 0.496 e. The molecule has 18 nitrogen and oxygen atoms in total. The third-order valence-electron chi connectivity index (χ3n) is 11.6. The van der Waals surface area contributed by atoms with Gasteiger partial charge < -0.3 is 24.5 Å². The van der Waals surface area contributed by atoms with Gasteiger partial charge in [0.1, 0.15) is 34.9 Å². The van der Waals surface area contributed by atoms with Crippen molar-refractivity contribution in [1.29, 1.82) is 0 Å². The molecule has 7 heterocycles. The molecule has 8 aromatic rings. The summed E-state index contributed by atoms with van der Waals surface area (Å²) in [5.41, 5.74) is 6.29. The number of hydrogen-bond donors (Lipinski definition) is 2. The maximum absolute atomic E-state index is 14.5. The molecule has 2 N–H and O–H groups in total. The molecule has 2 amide bonds. The standard InChI is InChI=1S/C45H40BClN11O7S/c1-21-37-39(26-11-13-27(47)14-12-26)50-32(18-36(60)64-7)42-54-53-25(5)58(42)44(37)66-41(21)43(61)52-46-51-35(59)20-56-33-19-49-31-16-29(38-22(2)55-65-24(38)4)34(63-6)17-28(31)40(33)57(45(56)62)23(3)30-10-8-9-15-48-30/h8-17,19,23,32H,18,20H2,1-7H3,(H,51,59)(H,52,61). The Morgan fingerprint density at radius 3 is 2.48 bits per heavy atom. The zero-order valence-corrected chi connectivity index (χ0v) is 38.2. The van der Waals surface area contributed by atoms with Crippen LogP contribution in [-0.4, -0.2) is 84.3 Å². The minimum absolute atomic E-state index is 0.0926. The number of ether oxygens (including phenoxy) is 2. The number of imidazole rings is 1. The molecule has 0 fully saturated rings. The summed E-state index contributed by atoms with van der Waals surface area (Å²) < 4.78 is 21.1. The van der Waals surface area contributed by atoms with Crippen molar-refractivity contribution in [2.75, 3.05) is 14.2 Å². The van der Waals surface area contributed by atoms with Crippen molar-refractivity contribution in [2.24, 2.45) is 4.99 Å². The predicted molar refractivity (Wildman–Crippen MR) is 248 cm³/mol. The molecule has 0 saturated heterocycles. The lowest BCUT2D eigenvalue weighted by Crippen LogP contribution is -2.43. The Balaban J connectivity index is 1.02. The summed E-state index contributed by atoms with van der Waals surface area (Å²) in [5, 5.41) is 19.9. The zero-order valence-electron chi connectivity index (χ0n) is 36.7. The third-order valence-corrected chi connectivity index (χ3v) is 13.1. The van der Waals surface area contributed by atoms with Crippen LogP contribution in [0.1, 0.15) is 80.6 Å². The molecule has 9 rings (SSSR count). The molecule has 0 spiro atoms. The second-order valence-corrected chi connectivity index (χ2v) is 17.0. The van der Waals surface area contributed by atoms with Crippen molar-refractivity contribution < 1.29 is 28.4 Å². The highest BCUT2D eigenvalue weighted by Gasteiger charge is 2.35. The lowest BCUT2D eigenvalue weighted by atomic mass is 9.99. The van der Waals surface area contributed by atoms with Crippen molar-refractivity contribution in [2.45, 2.75) is 59.7 Å². The van der Waals surface area contributed by atoms with Gasteiger partial charge in [-0.2, -0.15) is 0 Å². The minimum atomic E-state index is -0.742. The van der Waals surface area contributed by atoms with Crippen LogP contribution in [-0.2, 0) is 20.9 Å². The summed E-state index contributed by atoms with van der Waals surface area (Å²) in [6, 6.07) is 15.0. The van der Waals surface area contributed by atoms with Gasteiger partial charge in [0.2, 0.25) is 5.91 Å². The van der Waals surface area contributed by atoms with E-state index in [-0.39, 0.29) is 6.42 Å². The Kier molecular flexibility index (Phi) is 11.6. The molecule has 0 bridgehead atoms.